The van der Waals surface area contributed by atoms with Crippen molar-refractivity contribution >= 4 is 21.9 Å². The number of likely N-dealkylation sites (tertiary alicyclic amines) is 1. The largest absolute Gasteiger partial charge is 0.480 e. The number of nitrogens with zero attached hydrogens (tertiary/aromatic N) is 1. The summed E-state index contributed by atoms with van der Waals surface area (Å²) < 4.78 is 6.50. The van der Waals surface area contributed by atoms with Crippen LogP contribution in [0.3, 0.4) is 0 Å². The van der Waals surface area contributed by atoms with Crippen molar-refractivity contribution in [3.05, 3.63) is 33.8 Å². The molecule has 0 amide bonds. The Morgan fingerprint density at radius 3 is 2.75 bits per heavy atom. The summed E-state index contributed by atoms with van der Waals surface area (Å²) in [5, 5.41) is 8.60. The molecular weight excluding hydrogens is 322 g/mol. The van der Waals surface area contributed by atoms with Gasteiger partial charge in [0.05, 0.1) is 6.10 Å². The quantitative estimate of drug-likeness (QED) is 0.894. The van der Waals surface area contributed by atoms with Gasteiger partial charge in [-0.25, -0.2) is 4.79 Å². The molecule has 0 radical (unpaired) electrons. The van der Waals surface area contributed by atoms with E-state index in [4.69, 9.17) is 9.84 Å². The van der Waals surface area contributed by atoms with Crippen LogP contribution in [0.4, 0.5) is 0 Å². The second kappa shape index (κ2) is 7.20. The van der Waals surface area contributed by atoms with E-state index in [-0.39, 0.29) is 12.7 Å². The highest BCUT2D eigenvalue weighted by molar-refractivity contribution is 9.10. The molecule has 0 aromatic heterocycles. The highest BCUT2D eigenvalue weighted by Gasteiger charge is 2.20. The number of carbonyl (C=O) groups is 1. The fraction of sp³-hybridized carbons (Fsp3) is 0.533. The summed E-state index contributed by atoms with van der Waals surface area (Å²) in [4.78, 5) is 12.9. The molecule has 1 aliphatic heterocycles. The molecule has 1 N–H and O–H groups in total. The van der Waals surface area contributed by atoms with Gasteiger partial charge in [0.2, 0.25) is 0 Å². The van der Waals surface area contributed by atoms with Gasteiger partial charge in [0.1, 0.15) is 6.61 Å². The summed E-state index contributed by atoms with van der Waals surface area (Å²) in [7, 11) is 0. The van der Waals surface area contributed by atoms with Gasteiger partial charge < -0.3 is 9.84 Å². The molecule has 1 heterocycles. The molecule has 1 saturated heterocycles. The van der Waals surface area contributed by atoms with E-state index in [2.05, 4.69) is 46.0 Å². The summed E-state index contributed by atoms with van der Waals surface area (Å²) in [6, 6.07) is 6.42. The van der Waals surface area contributed by atoms with Crippen molar-refractivity contribution in [3.8, 4) is 0 Å². The van der Waals surface area contributed by atoms with Gasteiger partial charge in [0.25, 0.3) is 0 Å². The normalized spacial score (nSPS) is 17.3. The van der Waals surface area contributed by atoms with Crippen molar-refractivity contribution in [1.82, 2.24) is 4.90 Å². The van der Waals surface area contributed by atoms with E-state index < -0.39 is 5.97 Å². The standard InChI is InChI=1S/C15H20BrNO3/c1-11-2-3-12(14(16)8-11)9-17-6-4-13(5-7-17)20-10-15(18)19/h2-3,8,13H,4-7,9-10H2,1H3,(H,18,19). The fourth-order valence-electron chi connectivity index (χ4n) is 2.44. The lowest BCUT2D eigenvalue weighted by molar-refractivity contribution is -0.145. The number of halogens is 1. The van der Waals surface area contributed by atoms with Crippen LogP contribution in [0.2, 0.25) is 0 Å². The topological polar surface area (TPSA) is 49.8 Å². The summed E-state index contributed by atoms with van der Waals surface area (Å²) in [6.07, 6.45) is 1.89. The zero-order valence-corrected chi connectivity index (χ0v) is 13.2. The Morgan fingerprint density at radius 2 is 2.15 bits per heavy atom. The number of hydrogen-bond acceptors (Lipinski definition) is 3. The predicted octanol–water partition coefficient (Wildman–Crippen LogP) is 2.82. The molecule has 1 aromatic carbocycles. The maximum Gasteiger partial charge on any atom is 0.329 e. The minimum atomic E-state index is -0.893. The van der Waals surface area contributed by atoms with E-state index in [0.717, 1.165) is 36.9 Å². The molecule has 20 heavy (non-hydrogen) atoms. The van der Waals surface area contributed by atoms with E-state index in [1.54, 1.807) is 0 Å². The van der Waals surface area contributed by atoms with Gasteiger partial charge in [0.15, 0.2) is 0 Å². The molecule has 1 fully saturated rings. The van der Waals surface area contributed by atoms with Crippen LogP contribution in [-0.2, 0) is 16.1 Å². The molecule has 0 bridgehead atoms. The first kappa shape index (κ1) is 15.5. The molecule has 0 aliphatic carbocycles. The van der Waals surface area contributed by atoms with Crippen molar-refractivity contribution in [3.63, 3.8) is 0 Å². The number of aliphatic carboxylic acids is 1. The molecule has 0 atom stereocenters. The Labute approximate surface area is 127 Å². The molecule has 1 aliphatic rings. The van der Waals surface area contributed by atoms with Crippen molar-refractivity contribution in [2.24, 2.45) is 0 Å². The first-order valence-corrected chi connectivity index (χ1v) is 7.64. The average molecular weight is 342 g/mol. The zero-order chi connectivity index (χ0) is 14.5. The third kappa shape index (κ3) is 4.58. The smallest absolute Gasteiger partial charge is 0.329 e. The van der Waals surface area contributed by atoms with Crippen molar-refractivity contribution in [2.45, 2.75) is 32.4 Å². The van der Waals surface area contributed by atoms with Gasteiger partial charge >= 0.3 is 5.97 Å². The van der Waals surface area contributed by atoms with Crippen LogP contribution in [0.5, 0.6) is 0 Å². The maximum atomic E-state index is 10.5. The minimum absolute atomic E-state index is 0.0869. The van der Waals surface area contributed by atoms with Crippen molar-refractivity contribution < 1.29 is 14.6 Å². The molecule has 2 rings (SSSR count). The Morgan fingerprint density at radius 1 is 1.45 bits per heavy atom. The van der Waals surface area contributed by atoms with E-state index in [9.17, 15) is 4.79 Å². The molecule has 0 unspecified atom stereocenters. The SMILES string of the molecule is Cc1ccc(CN2CCC(OCC(=O)O)CC2)c(Br)c1. The van der Waals surface area contributed by atoms with Gasteiger partial charge in [-0.05, 0) is 37.0 Å². The number of piperidine rings is 1. The van der Waals surface area contributed by atoms with Crippen molar-refractivity contribution in [2.75, 3.05) is 19.7 Å². The second-order valence-corrected chi connectivity index (χ2v) is 6.13. The van der Waals surface area contributed by atoms with E-state index in [1.807, 2.05) is 0 Å². The van der Waals surface area contributed by atoms with Crippen LogP contribution in [0, 0.1) is 6.92 Å². The van der Waals surface area contributed by atoms with Crippen LogP contribution in [0.15, 0.2) is 22.7 Å². The Hall–Kier alpha value is -0.910. The summed E-state index contributed by atoms with van der Waals surface area (Å²) >= 11 is 3.61. The van der Waals surface area contributed by atoms with Gasteiger partial charge in [0, 0.05) is 24.1 Å². The van der Waals surface area contributed by atoms with Gasteiger partial charge in [-0.15, -0.1) is 0 Å². The van der Waals surface area contributed by atoms with Crippen molar-refractivity contribution in [1.29, 1.82) is 0 Å². The third-order valence-corrected chi connectivity index (χ3v) is 4.32. The highest BCUT2D eigenvalue weighted by Crippen LogP contribution is 2.22. The molecule has 0 spiro atoms. The van der Waals surface area contributed by atoms with E-state index in [1.165, 1.54) is 11.1 Å². The van der Waals surface area contributed by atoms with Crippen LogP contribution < -0.4 is 0 Å². The Bertz CT molecular complexity index is 470. The van der Waals surface area contributed by atoms with Gasteiger partial charge in [-0.2, -0.15) is 0 Å². The molecule has 0 saturated carbocycles. The lowest BCUT2D eigenvalue weighted by atomic mass is 10.1. The number of hydrogen-bond donors (Lipinski definition) is 1. The van der Waals surface area contributed by atoms with E-state index >= 15 is 0 Å². The Balaban J connectivity index is 1.80. The summed E-state index contributed by atoms with van der Waals surface area (Å²) in [5.41, 5.74) is 2.54. The maximum absolute atomic E-state index is 10.5. The number of benzene rings is 1. The van der Waals surface area contributed by atoms with Gasteiger partial charge in [-0.1, -0.05) is 28.1 Å². The summed E-state index contributed by atoms with van der Waals surface area (Å²) in [6.45, 7) is 4.72. The molecule has 4 nitrogen and oxygen atoms in total. The van der Waals surface area contributed by atoms with Gasteiger partial charge in [-0.3, -0.25) is 4.90 Å². The van der Waals surface area contributed by atoms with E-state index in [0.29, 0.717) is 0 Å². The monoisotopic (exact) mass is 341 g/mol. The molecule has 1 aromatic rings. The number of rotatable bonds is 5. The third-order valence-electron chi connectivity index (χ3n) is 3.58. The van der Waals surface area contributed by atoms with Crippen LogP contribution in [-0.4, -0.2) is 41.8 Å². The molecular formula is C15H20BrNO3. The number of ether oxygens (including phenoxy) is 1. The lowest BCUT2D eigenvalue weighted by Crippen LogP contribution is -2.37. The first-order valence-electron chi connectivity index (χ1n) is 6.85. The predicted molar refractivity (Wildman–Crippen MR) is 80.8 cm³/mol. The summed E-state index contributed by atoms with van der Waals surface area (Å²) in [5.74, 6) is -0.893. The van der Waals surface area contributed by atoms with Crippen LogP contribution in [0.1, 0.15) is 24.0 Å². The molecule has 110 valence electrons. The lowest BCUT2D eigenvalue weighted by Gasteiger charge is -2.31. The first-order chi connectivity index (χ1) is 9.54. The second-order valence-electron chi connectivity index (χ2n) is 5.28. The average Bonchev–Trinajstić information content (AvgIpc) is 2.41. The number of aryl methyl sites for hydroxylation is 1. The van der Waals surface area contributed by atoms with Crippen LogP contribution >= 0.6 is 15.9 Å². The Kier molecular flexibility index (Phi) is 5.57. The number of carboxylic acid groups (broad SMARTS) is 1. The highest BCUT2D eigenvalue weighted by atomic mass is 79.9. The van der Waals surface area contributed by atoms with Crippen LogP contribution in [0.25, 0.3) is 0 Å². The zero-order valence-electron chi connectivity index (χ0n) is 11.6. The molecule has 5 heteroatoms. The minimum Gasteiger partial charge on any atom is -0.480 e. The fourth-order valence-corrected chi connectivity index (χ4v) is 3.06. The number of carboxylic acids is 1.